The third kappa shape index (κ3) is 4.43. The molecule has 0 heterocycles. The Morgan fingerprint density at radius 3 is 2.65 bits per heavy atom. The lowest BCUT2D eigenvalue weighted by molar-refractivity contribution is -0.118. The number of primary amides is 1. The maximum atomic E-state index is 13.4. The number of nitrogens with one attached hydrogen (secondary N) is 1. The van der Waals surface area contributed by atoms with Crippen LogP contribution >= 0.6 is 11.6 Å². The fourth-order valence-electron chi connectivity index (χ4n) is 1.83. The van der Waals surface area contributed by atoms with Crippen LogP contribution in [0.4, 0.5) is 10.1 Å². The van der Waals surface area contributed by atoms with Gasteiger partial charge in [0.25, 0.3) is 11.8 Å². The summed E-state index contributed by atoms with van der Waals surface area (Å²) in [6.07, 6.45) is 0. The van der Waals surface area contributed by atoms with Crippen LogP contribution in [0.5, 0.6) is 5.75 Å². The van der Waals surface area contributed by atoms with Gasteiger partial charge in [-0.15, -0.1) is 0 Å². The highest BCUT2D eigenvalue weighted by Gasteiger charge is 2.12. The van der Waals surface area contributed by atoms with Crippen molar-refractivity contribution in [2.45, 2.75) is 6.92 Å². The molecule has 0 bridgehead atoms. The van der Waals surface area contributed by atoms with Crippen LogP contribution in [-0.4, -0.2) is 18.4 Å². The van der Waals surface area contributed by atoms with E-state index in [4.69, 9.17) is 22.1 Å². The minimum atomic E-state index is -0.719. The minimum absolute atomic E-state index is 0.0756. The molecule has 0 radical (unpaired) electrons. The molecule has 0 aliphatic carbocycles. The van der Waals surface area contributed by atoms with Crippen molar-refractivity contribution in [3.63, 3.8) is 0 Å². The average molecular weight is 337 g/mol. The first-order valence-electron chi connectivity index (χ1n) is 6.65. The maximum Gasteiger partial charge on any atom is 0.262 e. The van der Waals surface area contributed by atoms with Crippen molar-refractivity contribution < 1.29 is 18.7 Å². The van der Waals surface area contributed by atoms with Gasteiger partial charge in [-0.25, -0.2) is 4.39 Å². The molecule has 120 valence electrons. The third-order valence-corrected chi connectivity index (χ3v) is 3.26. The number of nitrogens with two attached hydrogens (primary N) is 1. The second-order valence-electron chi connectivity index (χ2n) is 4.81. The number of hydrogen-bond acceptors (Lipinski definition) is 3. The van der Waals surface area contributed by atoms with Crippen molar-refractivity contribution in [1.29, 1.82) is 0 Å². The van der Waals surface area contributed by atoms with E-state index in [-0.39, 0.29) is 17.9 Å². The van der Waals surface area contributed by atoms with Gasteiger partial charge in [-0.2, -0.15) is 0 Å². The topological polar surface area (TPSA) is 81.4 Å². The van der Waals surface area contributed by atoms with Gasteiger partial charge in [0.1, 0.15) is 11.6 Å². The predicted molar refractivity (Wildman–Crippen MR) is 85.2 cm³/mol. The normalized spacial score (nSPS) is 10.2. The highest BCUT2D eigenvalue weighted by Crippen LogP contribution is 2.22. The summed E-state index contributed by atoms with van der Waals surface area (Å²) in [5.74, 6) is -1.49. The first-order chi connectivity index (χ1) is 10.9. The number of hydrogen-bond donors (Lipinski definition) is 2. The fourth-order valence-corrected chi connectivity index (χ4v) is 2.00. The second-order valence-corrected chi connectivity index (χ2v) is 5.24. The average Bonchev–Trinajstić information content (AvgIpc) is 2.49. The van der Waals surface area contributed by atoms with Crippen LogP contribution < -0.4 is 15.8 Å². The molecule has 5 nitrogen and oxygen atoms in total. The molecule has 7 heteroatoms. The Morgan fingerprint density at radius 1 is 1.26 bits per heavy atom. The number of carbonyl (C=O) groups excluding carboxylic acids is 2. The van der Waals surface area contributed by atoms with E-state index in [9.17, 15) is 14.0 Å². The molecule has 2 rings (SSSR count). The lowest BCUT2D eigenvalue weighted by Crippen LogP contribution is -2.21. The number of halogens is 2. The molecule has 0 saturated carbocycles. The fraction of sp³-hybridized carbons (Fsp3) is 0.125. The van der Waals surface area contributed by atoms with Gasteiger partial charge in [0, 0.05) is 10.7 Å². The summed E-state index contributed by atoms with van der Waals surface area (Å²) in [5.41, 5.74) is 6.09. The van der Waals surface area contributed by atoms with E-state index in [1.165, 1.54) is 24.3 Å². The predicted octanol–water partition coefficient (Wildman–Crippen LogP) is 2.90. The minimum Gasteiger partial charge on any atom is -0.483 e. The summed E-state index contributed by atoms with van der Waals surface area (Å²) in [5, 5.41) is 2.82. The molecule has 0 unspecified atom stereocenters. The van der Waals surface area contributed by atoms with E-state index >= 15 is 0 Å². The van der Waals surface area contributed by atoms with Crippen molar-refractivity contribution in [2.75, 3.05) is 11.9 Å². The molecular weight excluding hydrogens is 323 g/mol. The summed E-state index contributed by atoms with van der Waals surface area (Å²) in [6, 6.07) is 8.65. The van der Waals surface area contributed by atoms with Crippen LogP contribution in [0, 0.1) is 12.7 Å². The zero-order chi connectivity index (χ0) is 17.0. The molecule has 0 aromatic heterocycles. The third-order valence-electron chi connectivity index (χ3n) is 3.02. The molecule has 2 aromatic rings. The Labute approximate surface area is 137 Å². The molecule has 0 aliphatic heterocycles. The summed E-state index contributed by atoms with van der Waals surface area (Å²) < 4.78 is 18.7. The highest BCUT2D eigenvalue weighted by atomic mass is 35.5. The van der Waals surface area contributed by atoms with E-state index in [0.717, 1.165) is 0 Å². The van der Waals surface area contributed by atoms with Crippen molar-refractivity contribution in [3.05, 3.63) is 58.4 Å². The second kappa shape index (κ2) is 7.11. The number of rotatable bonds is 5. The van der Waals surface area contributed by atoms with Crippen molar-refractivity contribution >= 4 is 29.1 Å². The standard InChI is InChI=1S/C16H14ClFN2O3/c1-9-2-4-11(7-13(9)18)20-15(21)8-23-14-5-3-10(17)6-12(14)16(19)22/h2-7H,8H2,1H3,(H2,19,22)(H,20,21). The van der Waals surface area contributed by atoms with Gasteiger partial charge in [-0.05, 0) is 42.8 Å². The van der Waals surface area contributed by atoms with Crippen LogP contribution in [0.2, 0.25) is 5.02 Å². The smallest absolute Gasteiger partial charge is 0.262 e. The summed E-state index contributed by atoms with van der Waals surface area (Å²) in [4.78, 5) is 23.1. The van der Waals surface area contributed by atoms with Crippen LogP contribution in [0.15, 0.2) is 36.4 Å². The lowest BCUT2D eigenvalue weighted by atomic mass is 10.2. The Balaban J connectivity index is 2.02. The largest absolute Gasteiger partial charge is 0.483 e. The molecule has 0 saturated heterocycles. The van der Waals surface area contributed by atoms with Crippen molar-refractivity contribution in [2.24, 2.45) is 5.73 Å². The van der Waals surface area contributed by atoms with E-state index in [0.29, 0.717) is 16.3 Å². The quantitative estimate of drug-likeness (QED) is 0.880. The number of carbonyl (C=O) groups is 2. The van der Waals surface area contributed by atoms with E-state index in [1.54, 1.807) is 19.1 Å². The molecule has 2 aromatic carbocycles. The zero-order valence-corrected chi connectivity index (χ0v) is 13.0. The molecule has 0 fully saturated rings. The Hall–Kier alpha value is -2.60. The highest BCUT2D eigenvalue weighted by molar-refractivity contribution is 6.31. The Morgan fingerprint density at radius 2 is 2.00 bits per heavy atom. The number of aryl methyl sites for hydroxylation is 1. The van der Waals surface area contributed by atoms with Gasteiger partial charge in [0.2, 0.25) is 0 Å². The first kappa shape index (κ1) is 16.8. The van der Waals surface area contributed by atoms with E-state index in [2.05, 4.69) is 5.32 Å². The molecular formula is C16H14ClFN2O3. The van der Waals surface area contributed by atoms with Crippen LogP contribution in [0.1, 0.15) is 15.9 Å². The Kier molecular flexibility index (Phi) is 5.18. The molecule has 3 N–H and O–H groups in total. The molecule has 0 atom stereocenters. The van der Waals surface area contributed by atoms with Crippen molar-refractivity contribution in [3.8, 4) is 5.75 Å². The van der Waals surface area contributed by atoms with Gasteiger partial charge in [-0.1, -0.05) is 17.7 Å². The molecule has 23 heavy (non-hydrogen) atoms. The first-order valence-corrected chi connectivity index (χ1v) is 7.03. The SMILES string of the molecule is Cc1ccc(NC(=O)COc2ccc(Cl)cc2C(N)=O)cc1F. The van der Waals surface area contributed by atoms with E-state index < -0.39 is 17.6 Å². The van der Waals surface area contributed by atoms with Gasteiger partial charge in [0.15, 0.2) is 6.61 Å². The van der Waals surface area contributed by atoms with Crippen molar-refractivity contribution in [1.82, 2.24) is 0 Å². The maximum absolute atomic E-state index is 13.4. The van der Waals surface area contributed by atoms with Crippen LogP contribution in [0.25, 0.3) is 0 Å². The van der Waals surface area contributed by atoms with Gasteiger partial charge in [-0.3, -0.25) is 9.59 Å². The van der Waals surface area contributed by atoms with Gasteiger partial charge < -0.3 is 15.8 Å². The van der Waals surface area contributed by atoms with E-state index in [1.807, 2.05) is 0 Å². The molecule has 2 amide bonds. The molecule has 0 spiro atoms. The zero-order valence-electron chi connectivity index (χ0n) is 12.2. The lowest BCUT2D eigenvalue weighted by Gasteiger charge is -2.10. The van der Waals surface area contributed by atoms with Gasteiger partial charge in [0.05, 0.1) is 5.56 Å². The Bertz CT molecular complexity index is 765. The molecule has 0 aliphatic rings. The monoisotopic (exact) mass is 336 g/mol. The van der Waals surface area contributed by atoms with Crippen LogP contribution in [-0.2, 0) is 4.79 Å². The van der Waals surface area contributed by atoms with Gasteiger partial charge >= 0.3 is 0 Å². The number of anilines is 1. The summed E-state index contributed by atoms with van der Waals surface area (Å²) >= 11 is 5.78. The summed E-state index contributed by atoms with van der Waals surface area (Å²) in [6.45, 7) is 1.26. The number of benzene rings is 2. The van der Waals surface area contributed by atoms with Crippen LogP contribution in [0.3, 0.4) is 0 Å². The number of ether oxygens (including phenoxy) is 1. The number of amides is 2. The summed E-state index contributed by atoms with van der Waals surface area (Å²) in [7, 11) is 0.